The van der Waals surface area contributed by atoms with E-state index in [1.165, 1.54) is 23.6 Å². The average Bonchev–Trinajstić information content (AvgIpc) is 3.24. The van der Waals surface area contributed by atoms with Crippen molar-refractivity contribution < 1.29 is 18.7 Å². The van der Waals surface area contributed by atoms with Gasteiger partial charge in [0.25, 0.3) is 0 Å². The summed E-state index contributed by atoms with van der Waals surface area (Å²) in [4.78, 5) is 35.3. The van der Waals surface area contributed by atoms with Crippen molar-refractivity contribution in [2.75, 3.05) is 17.7 Å². The average molecular weight is 394 g/mol. The number of rotatable bonds is 7. The molecule has 0 radical (unpaired) electrons. The Labute approximate surface area is 158 Å². The first-order valence-corrected chi connectivity index (χ1v) is 9.42. The second kappa shape index (κ2) is 8.49. The van der Waals surface area contributed by atoms with Crippen molar-refractivity contribution in [1.29, 1.82) is 0 Å². The summed E-state index contributed by atoms with van der Waals surface area (Å²) in [7, 11) is 0. The molecule has 1 aliphatic rings. The van der Waals surface area contributed by atoms with Gasteiger partial charge in [-0.05, 0) is 31.0 Å². The van der Waals surface area contributed by atoms with E-state index in [-0.39, 0.29) is 34.7 Å². The molecule has 10 heteroatoms. The van der Waals surface area contributed by atoms with E-state index >= 15 is 0 Å². The molecular formula is C17H19FN4O4S. The predicted molar refractivity (Wildman–Crippen MR) is 97.6 cm³/mol. The summed E-state index contributed by atoms with van der Waals surface area (Å²) in [5.74, 6) is -1.56. The minimum Gasteiger partial charge on any atom is -0.376 e. The fourth-order valence-electron chi connectivity index (χ4n) is 2.80. The molecular weight excluding hydrogens is 375 g/mol. The first kappa shape index (κ1) is 19.3. The van der Waals surface area contributed by atoms with Crippen molar-refractivity contribution >= 4 is 29.1 Å². The SMILES string of the molecule is CC(=O)Nc1ccc(C(=O)CSc2n[nH]c(=O)n2C[C@H]2CCCO2)c(F)c1. The van der Waals surface area contributed by atoms with Gasteiger partial charge in [-0.2, -0.15) is 0 Å². The van der Waals surface area contributed by atoms with Crippen molar-refractivity contribution in [2.24, 2.45) is 0 Å². The van der Waals surface area contributed by atoms with Crippen LogP contribution in [0.3, 0.4) is 0 Å². The number of ketones is 1. The highest BCUT2D eigenvalue weighted by Crippen LogP contribution is 2.21. The first-order chi connectivity index (χ1) is 12.9. The molecule has 0 bridgehead atoms. The Hall–Kier alpha value is -2.46. The summed E-state index contributed by atoms with van der Waals surface area (Å²) >= 11 is 1.06. The lowest BCUT2D eigenvalue weighted by Gasteiger charge is -2.11. The van der Waals surface area contributed by atoms with E-state index in [2.05, 4.69) is 15.5 Å². The van der Waals surface area contributed by atoms with Crippen molar-refractivity contribution in [2.45, 2.75) is 37.6 Å². The number of Topliss-reactive ketones (excluding diaryl/α,β-unsaturated/α-hetero) is 1. The van der Waals surface area contributed by atoms with Crippen LogP contribution in [0.25, 0.3) is 0 Å². The van der Waals surface area contributed by atoms with Crippen LogP contribution in [-0.4, -0.2) is 44.9 Å². The summed E-state index contributed by atoms with van der Waals surface area (Å²) in [5.41, 5.74) is -0.173. The molecule has 0 unspecified atom stereocenters. The number of aromatic amines is 1. The fraction of sp³-hybridized carbons (Fsp3) is 0.412. The molecule has 1 aliphatic heterocycles. The largest absolute Gasteiger partial charge is 0.376 e. The van der Waals surface area contributed by atoms with Gasteiger partial charge in [0.1, 0.15) is 5.82 Å². The molecule has 27 heavy (non-hydrogen) atoms. The Balaban J connectivity index is 1.66. The number of benzene rings is 1. The normalized spacial score (nSPS) is 16.4. The molecule has 144 valence electrons. The Kier molecular flexibility index (Phi) is 6.07. The molecule has 0 saturated carbocycles. The van der Waals surface area contributed by atoms with Gasteiger partial charge in [-0.15, -0.1) is 5.10 Å². The highest BCUT2D eigenvalue weighted by molar-refractivity contribution is 7.99. The highest BCUT2D eigenvalue weighted by Gasteiger charge is 2.21. The molecule has 1 saturated heterocycles. The van der Waals surface area contributed by atoms with E-state index in [1.54, 1.807) is 0 Å². The summed E-state index contributed by atoms with van der Waals surface area (Å²) in [6.45, 7) is 2.35. The smallest absolute Gasteiger partial charge is 0.344 e. The quantitative estimate of drug-likeness (QED) is 0.548. The van der Waals surface area contributed by atoms with Gasteiger partial charge in [0.15, 0.2) is 10.9 Å². The lowest BCUT2D eigenvalue weighted by molar-refractivity contribution is -0.114. The molecule has 1 aromatic heterocycles. The van der Waals surface area contributed by atoms with Gasteiger partial charge in [0.2, 0.25) is 5.91 Å². The zero-order chi connectivity index (χ0) is 19.4. The molecule has 8 nitrogen and oxygen atoms in total. The number of H-pyrrole nitrogens is 1. The van der Waals surface area contributed by atoms with E-state index in [0.29, 0.717) is 18.3 Å². The molecule has 1 aromatic carbocycles. The van der Waals surface area contributed by atoms with Gasteiger partial charge in [-0.3, -0.25) is 14.2 Å². The monoisotopic (exact) mass is 394 g/mol. The number of carbonyl (C=O) groups is 2. The third-order valence-corrected chi connectivity index (χ3v) is 5.03. The number of aromatic nitrogens is 3. The minimum absolute atomic E-state index is 0.0471. The number of hydrogen-bond acceptors (Lipinski definition) is 6. The molecule has 1 fully saturated rings. The second-order valence-corrected chi connectivity index (χ2v) is 7.09. The molecule has 1 atom stereocenters. The maximum absolute atomic E-state index is 14.2. The molecule has 2 heterocycles. The number of nitrogens with one attached hydrogen (secondary N) is 2. The number of ether oxygens (including phenoxy) is 1. The van der Waals surface area contributed by atoms with Crippen LogP contribution in [0.15, 0.2) is 28.2 Å². The van der Waals surface area contributed by atoms with Crippen molar-refractivity contribution in [1.82, 2.24) is 14.8 Å². The van der Waals surface area contributed by atoms with Gasteiger partial charge >= 0.3 is 5.69 Å². The Bertz CT molecular complexity index is 905. The standard InChI is InChI=1S/C17H19FN4O4S/c1-10(23)19-11-4-5-13(14(18)7-11)15(24)9-27-17-21-20-16(25)22(17)8-12-3-2-6-26-12/h4-5,7,12H,2-3,6,8-9H2,1H3,(H,19,23)(H,20,25)/t12-/m1/s1. The molecule has 0 aliphatic carbocycles. The summed E-state index contributed by atoms with van der Waals surface area (Å²) in [5, 5.41) is 9.11. The van der Waals surface area contributed by atoms with Crippen LogP contribution in [-0.2, 0) is 16.1 Å². The fourth-order valence-corrected chi connectivity index (χ4v) is 3.64. The lowest BCUT2D eigenvalue weighted by atomic mass is 10.1. The summed E-state index contributed by atoms with van der Waals surface area (Å²) in [6, 6.07) is 3.89. The summed E-state index contributed by atoms with van der Waals surface area (Å²) < 4.78 is 21.1. The van der Waals surface area contributed by atoms with E-state index < -0.39 is 11.6 Å². The minimum atomic E-state index is -0.717. The van der Waals surface area contributed by atoms with Crippen LogP contribution in [0.1, 0.15) is 30.1 Å². The second-order valence-electron chi connectivity index (χ2n) is 6.14. The van der Waals surface area contributed by atoms with Crippen molar-refractivity contribution in [3.05, 3.63) is 40.1 Å². The topological polar surface area (TPSA) is 106 Å². The molecule has 0 spiro atoms. The van der Waals surface area contributed by atoms with Crippen LogP contribution >= 0.6 is 11.8 Å². The maximum atomic E-state index is 14.2. The molecule has 2 N–H and O–H groups in total. The van der Waals surface area contributed by atoms with E-state index in [1.807, 2.05) is 0 Å². The summed E-state index contributed by atoms with van der Waals surface area (Å²) in [6.07, 6.45) is 1.77. The third-order valence-electron chi connectivity index (χ3n) is 4.06. The number of carbonyl (C=O) groups excluding carboxylic acids is 2. The van der Waals surface area contributed by atoms with Crippen LogP contribution in [0.5, 0.6) is 0 Å². The number of halogens is 1. The Morgan fingerprint density at radius 1 is 1.48 bits per heavy atom. The highest BCUT2D eigenvalue weighted by atomic mass is 32.2. The first-order valence-electron chi connectivity index (χ1n) is 8.44. The number of nitrogens with zero attached hydrogens (tertiary/aromatic N) is 2. The van der Waals surface area contributed by atoms with Crippen LogP contribution in [0.2, 0.25) is 0 Å². The van der Waals surface area contributed by atoms with E-state index in [0.717, 1.165) is 30.7 Å². The van der Waals surface area contributed by atoms with E-state index in [4.69, 9.17) is 4.74 Å². The Morgan fingerprint density at radius 2 is 2.30 bits per heavy atom. The van der Waals surface area contributed by atoms with Crippen LogP contribution in [0, 0.1) is 5.82 Å². The molecule has 3 rings (SSSR count). The molecule has 2 aromatic rings. The number of hydrogen-bond donors (Lipinski definition) is 2. The van der Waals surface area contributed by atoms with Gasteiger partial charge < -0.3 is 10.1 Å². The van der Waals surface area contributed by atoms with Crippen molar-refractivity contribution in [3.8, 4) is 0 Å². The van der Waals surface area contributed by atoms with Gasteiger partial charge in [-0.25, -0.2) is 14.3 Å². The third kappa shape index (κ3) is 4.83. The van der Waals surface area contributed by atoms with Gasteiger partial charge in [0, 0.05) is 19.2 Å². The maximum Gasteiger partial charge on any atom is 0.344 e. The predicted octanol–water partition coefficient (Wildman–Crippen LogP) is 1.82. The number of amides is 1. The zero-order valence-electron chi connectivity index (χ0n) is 14.7. The lowest BCUT2D eigenvalue weighted by Crippen LogP contribution is -2.25. The Morgan fingerprint density at radius 3 is 2.96 bits per heavy atom. The zero-order valence-corrected chi connectivity index (χ0v) is 15.5. The number of thioether (sulfide) groups is 1. The van der Waals surface area contributed by atoms with Crippen molar-refractivity contribution in [3.63, 3.8) is 0 Å². The number of anilines is 1. The van der Waals surface area contributed by atoms with E-state index in [9.17, 15) is 18.8 Å². The molecule has 1 amide bonds. The van der Waals surface area contributed by atoms with Gasteiger partial charge in [-0.1, -0.05) is 11.8 Å². The van der Waals surface area contributed by atoms with Crippen LogP contribution in [0.4, 0.5) is 10.1 Å². The van der Waals surface area contributed by atoms with Gasteiger partial charge in [0.05, 0.1) is 24.0 Å². The van der Waals surface area contributed by atoms with Crippen LogP contribution < -0.4 is 11.0 Å².